The van der Waals surface area contributed by atoms with Gasteiger partial charge in [-0.15, -0.1) is 0 Å². The van der Waals surface area contributed by atoms with Gasteiger partial charge >= 0.3 is 5.97 Å². The lowest BCUT2D eigenvalue weighted by Crippen LogP contribution is -2.32. The van der Waals surface area contributed by atoms with Crippen molar-refractivity contribution in [3.05, 3.63) is 61.7 Å². The van der Waals surface area contributed by atoms with Crippen molar-refractivity contribution in [2.75, 3.05) is 0 Å². The number of aliphatic hydroxyl groups is 1. The van der Waals surface area contributed by atoms with E-state index in [1.165, 1.54) is 6.07 Å². The van der Waals surface area contributed by atoms with Crippen LogP contribution in [0.3, 0.4) is 0 Å². The summed E-state index contributed by atoms with van der Waals surface area (Å²) in [6.07, 6.45) is 0.230. The molecule has 2 atom stereocenters. The van der Waals surface area contributed by atoms with Crippen molar-refractivity contribution >= 4 is 16.9 Å². The third kappa shape index (κ3) is 2.08. The summed E-state index contributed by atoms with van der Waals surface area (Å²) in [5.74, 6) is -0.774. The molecule has 1 N–H and O–H groups in total. The zero-order valence-electron chi connectivity index (χ0n) is 16.6. The number of carbonyl (C=O) groups excluding carboxylic acids is 1. The Morgan fingerprint density at radius 1 is 1.23 bits per heavy atom. The molecule has 3 aliphatic rings. The highest BCUT2D eigenvalue weighted by atomic mass is 19.1. The van der Waals surface area contributed by atoms with Crippen LogP contribution in [-0.4, -0.2) is 20.6 Å². The van der Waals surface area contributed by atoms with Gasteiger partial charge in [0.25, 0.3) is 5.56 Å². The molecule has 0 saturated carbocycles. The van der Waals surface area contributed by atoms with Crippen LogP contribution in [0, 0.1) is 12.7 Å². The van der Waals surface area contributed by atoms with E-state index in [9.17, 15) is 19.1 Å². The van der Waals surface area contributed by atoms with Gasteiger partial charge in [-0.25, -0.2) is 14.2 Å². The third-order valence-electron chi connectivity index (χ3n) is 6.94. The fourth-order valence-electron chi connectivity index (χ4n) is 5.33. The standard InChI is InChI=1S/C23H19FN2O4/c1-9-3-4-11-10(2)15(24)6-16-19(11)18(9)13-7-26-17(20(13)25-16)5-12-14(22(26)28)8-30-23(29)21(12)27/h5-6,9,21,27H,3-4,7-8H2,1-2H3. The first-order valence-corrected chi connectivity index (χ1v) is 10.1. The lowest BCUT2D eigenvalue weighted by atomic mass is 9.79. The van der Waals surface area contributed by atoms with Crippen LogP contribution in [0.5, 0.6) is 0 Å². The maximum atomic E-state index is 14.6. The summed E-state index contributed by atoms with van der Waals surface area (Å²) in [4.78, 5) is 29.7. The first-order valence-electron chi connectivity index (χ1n) is 10.1. The van der Waals surface area contributed by atoms with Crippen molar-refractivity contribution in [2.45, 2.75) is 51.9 Å². The highest BCUT2D eigenvalue weighted by Crippen LogP contribution is 2.45. The summed E-state index contributed by atoms with van der Waals surface area (Å²) in [6, 6.07) is 3.14. The molecule has 7 heteroatoms. The molecule has 4 heterocycles. The van der Waals surface area contributed by atoms with Gasteiger partial charge in [0, 0.05) is 22.6 Å². The quantitative estimate of drug-likeness (QED) is 0.454. The summed E-state index contributed by atoms with van der Waals surface area (Å²) in [7, 11) is 0. The van der Waals surface area contributed by atoms with Gasteiger partial charge in [0.05, 0.1) is 29.0 Å². The molecule has 0 bridgehead atoms. The topological polar surface area (TPSA) is 81.4 Å². The van der Waals surface area contributed by atoms with Crippen molar-refractivity contribution in [3.8, 4) is 11.4 Å². The maximum absolute atomic E-state index is 14.6. The second-order valence-corrected chi connectivity index (χ2v) is 8.51. The molecule has 0 saturated heterocycles. The molecule has 2 aromatic heterocycles. The largest absolute Gasteiger partial charge is 0.458 e. The third-order valence-corrected chi connectivity index (χ3v) is 6.94. The van der Waals surface area contributed by atoms with Crippen molar-refractivity contribution in [3.63, 3.8) is 0 Å². The van der Waals surface area contributed by atoms with Crippen LogP contribution in [0.15, 0.2) is 16.9 Å². The molecule has 3 aromatic rings. The highest BCUT2D eigenvalue weighted by molar-refractivity contribution is 5.93. The number of fused-ring (bicyclic) bond motifs is 5. The molecule has 0 spiro atoms. The summed E-state index contributed by atoms with van der Waals surface area (Å²) in [6.45, 7) is 4.19. The number of hydrogen-bond donors (Lipinski definition) is 1. The second-order valence-electron chi connectivity index (χ2n) is 8.51. The van der Waals surface area contributed by atoms with Crippen molar-refractivity contribution in [2.24, 2.45) is 0 Å². The lowest BCUT2D eigenvalue weighted by Gasteiger charge is -2.26. The number of benzene rings is 1. The fourth-order valence-corrected chi connectivity index (χ4v) is 5.33. The minimum atomic E-state index is -1.49. The average molecular weight is 406 g/mol. The van der Waals surface area contributed by atoms with Crippen LogP contribution in [0.2, 0.25) is 0 Å². The van der Waals surface area contributed by atoms with E-state index in [0.29, 0.717) is 34.6 Å². The number of aryl methyl sites for hydroxylation is 1. The van der Waals surface area contributed by atoms with Gasteiger partial charge < -0.3 is 14.4 Å². The number of halogens is 1. The molecule has 0 amide bonds. The van der Waals surface area contributed by atoms with Gasteiger partial charge in [-0.05, 0) is 48.4 Å². The Morgan fingerprint density at radius 2 is 2.03 bits per heavy atom. The van der Waals surface area contributed by atoms with Crippen LogP contribution in [0.25, 0.3) is 22.3 Å². The summed E-state index contributed by atoms with van der Waals surface area (Å²) >= 11 is 0. The average Bonchev–Trinajstić information content (AvgIpc) is 3.09. The molecule has 2 aliphatic heterocycles. The zero-order chi connectivity index (χ0) is 20.9. The van der Waals surface area contributed by atoms with Gasteiger partial charge in [-0.2, -0.15) is 0 Å². The van der Waals surface area contributed by atoms with Gasteiger partial charge in [-0.1, -0.05) is 6.92 Å². The monoisotopic (exact) mass is 406 g/mol. The van der Waals surface area contributed by atoms with Crippen LogP contribution < -0.4 is 5.56 Å². The van der Waals surface area contributed by atoms with E-state index in [2.05, 4.69) is 6.92 Å². The molecular formula is C23H19FN2O4. The Morgan fingerprint density at radius 3 is 2.83 bits per heavy atom. The normalized spacial score (nSPS) is 21.3. The predicted octanol–water partition coefficient (Wildman–Crippen LogP) is 3.01. The molecule has 1 aliphatic carbocycles. The smallest absolute Gasteiger partial charge is 0.340 e. The van der Waals surface area contributed by atoms with E-state index < -0.39 is 12.1 Å². The fraction of sp³-hybridized carbons (Fsp3) is 0.348. The zero-order valence-corrected chi connectivity index (χ0v) is 16.6. The molecule has 1 aromatic carbocycles. The first-order chi connectivity index (χ1) is 14.4. The molecule has 30 heavy (non-hydrogen) atoms. The Labute approximate surface area is 170 Å². The number of cyclic esters (lactones) is 1. The number of aliphatic hydroxyl groups excluding tert-OH is 1. The van der Waals surface area contributed by atoms with Gasteiger partial charge in [0.2, 0.25) is 0 Å². The number of esters is 1. The van der Waals surface area contributed by atoms with Crippen molar-refractivity contribution < 1.29 is 19.0 Å². The predicted molar refractivity (Wildman–Crippen MR) is 107 cm³/mol. The lowest BCUT2D eigenvalue weighted by molar-refractivity contribution is -0.157. The van der Waals surface area contributed by atoms with Gasteiger partial charge in [0.1, 0.15) is 12.4 Å². The summed E-state index contributed by atoms with van der Waals surface area (Å²) in [5, 5.41) is 11.3. The number of nitrogens with zero attached hydrogens (tertiary/aromatic N) is 2. The van der Waals surface area contributed by atoms with Crippen molar-refractivity contribution in [1.29, 1.82) is 0 Å². The number of aromatic nitrogens is 2. The number of pyridine rings is 2. The van der Waals surface area contributed by atoms with E-state index in [4.69, 9.17) is 9.72 Å². The maximum Gasteiger partial charge on any atom is 0.340 e. The molecule has 0 radical (unpaired) electrons. The van der Waals surface area contributed by atoms with Crippen LogP contribution in [0.1, 0.15) is 58.7 Å². The van der Waals surface area contributed by atoms with Gasteiger partial charge in [0.15, 0.2) is 6.10 Å². The summed E-state index contributed by atoms with van der Waals surface area (Å²) in [5.41, 5.74) is 5.84. The van der Waals surface area contributed by atoms with E-state index in [0.717, 1.165) is 34.9 Å². The number of rotatable bonds is 0. The molecule has 6 rings (SSSR count). The van der Waals surface area contributed by atoms with Crippen LogP contribution in [0.4, 0.5) is 4.39 Å². The second kappa shape index (κ2) is 5.76. The minimum Gasteiger partial charge on any atom is -0.458 e. The molecule has 2 unspecified atom stereocenters. The van der Waals surface area contributed by atoms with E-state index in [1.54, 1.807) is 10.6 Å². The van der Waals surface area contributed by atoms with Crippen molar-refractivity contribution in [1.82, 2.24) is 9.55 Å². The molecule has 0 fully saturated rings. The number of carbonyl (C=O) groups is 1. The molecular weight excluding hydrogens is 387 g/mol. The van der Waals surface area contributed by atoms with E-state index >= 15 is 0 Å². The van der Waals surface area contributed by atoms with E-state index in [-0.39, 0.29) is 29.5 Å². The van der Waals surface area contributed by atoms with E-state index in [1.807, 2.05) is 6.92 Å². The Balaban J connectivity index is 1.70. The highest BCUT2D eigenvalue weighted by Gasteiger charge is 2.36. The Hall–Kier alpha value is -3.06. The summed E-state index contributed by atoms with van der Waals surface area (Å²) < 4.78 is 21.2. The Bertz CT molecular complexity index is 1370. The first kappa shape index (κ1) is 17.8. The van der Waals surface area contributed by atoms with Crippen LogP contribution >= 0.6 is 0 Å². The SMILES string of the molecule is Cc1c(F)cc2nc3c(c4c2c1CCC4C)Cn1c-3cc2c(c1=O)COC(=O)C2O. The van der Waals surface area contributed by atoms with Crippen LogP contribution in [-0.2, 0) is 29.1 Å². The Kier molecular flexibility index (Phi) is 3.41. The number of hydrogen-bond acceptors (Lipinski definition) is 5. The molecule has 152 valence electrons. The van der Waals surface area contributed by atoms with Gasteiger partial charge in [-0.3, -0.25) is 4.79 Å². The number of ether oxygens (including phenoxy) is 1. The minimum absolute atomic E-state index is 0.145. The molecule has 6 nitrogen and oxygen atoms in total.